The summed E-state index contributed by atoms with van der Waals surface area (Å²) in [6.07, 6.45) is 5.19. The highest BCUT2D eigenvalue weighted by atomic mass is 16.8. The molecular weight excluding hydrogens is 1230 g/mol. The molecular formula is C66H94N6O22. The van der Waals surface area contributed by atoms with Gasteiger partial charge in [-0.2, -0.15) is 0 Å². The lowest BCUT2D eigenvalue weighted by molar-refractivity contribution is -0.186. The van der Waals surface area contributed by atoms with E-state index in [9.17, 15) is 63.3 Å². The number of rotatable bonds is 39. The molecule has 4 aliphatic carbocycles. The highest BCUT2D eigenvalue weighted by Crippen LogP contribution is 2.69. The summed E-state index contributed by atoms with van der Waals surface area (Å²) in [5.41, 5.74) is -0.131. The van der Waals surface area contributed by atoms with Gasteiger partial charge in [-0.1, -0.05) is 64.8 Å². The van der Waals surface area contributed by atoms with E-state index >= 15 is 0 Å². The van der Waals surface area contributed by atoms with Gasteiger partial charge in [0.15, 0.2) is 24.3 Å². The van der Waals surface area contributed by atoms with Crippen LogP contribution in [0.5, 0.6) is 0 Å². The molecule has 1 saturated heterocycles. The first kappa shape index (κ1) is 74.5. The fourth-order valence-electron chi connectivity index (χ4n) is 13.8. The largest absolute Gasteiger partial charge is 0.509 e. The van der Waals surface area contributed by atoms with Crippen molar-refractivity contribution in [2.75, 3.05) is 91.0 Å². The number of ether oxygens (including phenoxy) is 8. The Kier molecular flexibility index (Phi) is 27.9. The van der Waals surface area contributed by atoms with E-state index in [-0.39, 0.29) is 132 Å². The van der Waals surface area contributed by atoms with Crippen molar-refractivity contribution in [2.45, 2.75) is 160 Å². The Labute approximate surface area is 546 Å². The average molecular weight is 1320 g/mol. The number of imide groups is 1. The van der Waals surface area contributed by atoms with Crippen molar-refractivity contribution >= 4 is 64.8 Å². The number of benzene rings is 1. The Hall–Kier alpha value is -6.86. The predicted octanol–water partition coefficient (Wildman–Crippen LogP) is 1.53. The van der Waals surface area contributed by atoms with Crippen molar-refractivity contribution in [1.82, 2.24) is 26.2 Å². The Balaban J connectivity index is 0.829. The maximum Gasteiger partial charge on any atom is 0.509 e. The first-order valence-electron chi connectivity index (χ1n) is 32.6. The van der Waals surface area contributed by atoms with Crippen LogP contribution in [0.2, 0.25) is 0 Å². The number of ketones is 2. The lowest BCUT2D eigenvalue weighted by Gasteiger charge is -2.58. The van der Waals surface area contributed by atoms with Gasteiger partial charge in [-0.3, -0.25) is 48.1 Å². The van der Waals surface area contributed by atoms with Crippen molar-refractivity contribution in [3.05, 3.63) is 65.8 Å². The Morgan fingerprint density at radius 2 is 1.41 bits per heavy atom. The van der Waals surface area contributed by atoms with Gasteiger partial charge in [0, 0.05) is 54.7 Å². The van der Waals surface area contributed by atoms with E-state index in [0.717, 1.165) is 30.6 Å². The number of aliphatic hydroxyl groups excluding tert-OH is 4. The number of hydrogen-bond donors (Lipinski definition) is 9. The smallest absolute Gasteiger partial charge is 0.429 e. The number of fused-ring (bicyclic) bond motifs is 7. The molecule has 3 unspecified atom stereocenters. The van der Waals surface area contributed by atoms with Crippen molar-refractivity contribution in [1.29, 1.82) is 0 Å². The van der Waals surface area contributed by atoms with Crippen molar-refractivity contribution in [3.63, 3.8) is 0 Å². The van der Waals surface area contributed by atoms with Gasteiger partial charge in [0.05, 0.1) is 84.3 Å². The van der Waals surface area contributed by atoms with E-state index in [1.165, 1.54) is 17.7 Å². The first-order valence-corrected chi connectivity index (χ1v) is 32.6. The minimum atomic E-state index is -1.68. The van der Waals surface area contributed by atoms with Crippen LogP contribution < -0.4 is 26.6 Å². The average Bonchev–Trinajstić information content (AvgIpc) is 1.49. The van der Waals surface area contributed by atoms with Crippen LogP contribution in [0.25, 0.3) is 0 Å². The van der Waals surface area contributed by atoms with Crippen LogP contribution in [0.15, 0.2) is 60.2 Å². The molecule has 0 aromatic heterocycles. The second-order valence-corrected chi connectivity index (χ2v) is 25.4. The number of nitrogens with one attached hydrogen (secondary N) is 5. The van der Waals surface area contributed by atoms with Gasteiger partial charge in [0.25, 0.3) is 11.8 Å². The van der Waals surface area contributed by atoms with E-state index in [1.807, 2.05) is 6.92 Å². The van der Waals surface area contributed by atoms with Crippen LogP contribution in [0.3, 0.4) is 0 Å². The predicted molar refractivity (Wildman–Crippen MR) is 333 cm³/mol. The summed E-state index contributed by atoms with van der Waals surface area (Å²) in [4.78, 5) is 131. The Bertz CT molecular complexity index is 2900. The van der Waals surface area contributed by atoms with Crippen LogP contribution in [0.4, 0.5) is 10.5 Å². The highest BCUT2D eigenvalue weighted by molar-refractivity contribution is 6.12. The van der Waals surface area contributed by atoms with Gasteiger partial charge < -0.3 is 84.9 Å². The molecule has 1 aromatic rings. The van der Waals surface area contributed by atoms with Gasteiger partial charge in [0.1, 0.15) is 24.8 Å². The summed E-state index contributed by atoms with van der Waals surface area (Å²) in [5.74, 6) is -4.54. The maximum absolute atomic E-state index is 14.6. The van der Waals surface area contributed by atoms with E-state index in [4.69, 9.17) is 43.0 Å². The van der Waals surface area contributed by atoms with Gasteiger partial charge in [0.2, 0.25) is 35.3 Å². The summed E-state index contributed by atoms with van der Waals surface area (Å²) in [5, 5.41) is 52.2. The fraction of sp³-hybridized carbons (Fsp3) is 0.667. The minimum absolute atomic E-state index is 0.0184. The van der Waals surface area contributed by atoms with Gasteiger partial charge in [-0.05, 0) is 105 Å². The topological polar surface area (TPSA) is 389 Å². The van der Waals surface area contributed by atoms with Crippen LogP contribution in [-0.4, -0.2) is 218 Å². The molecule has 7 amide bonds. The number of anilines is 1. The quantitative estimate of drug-likeness (QED) is 0.0256. The zero-order valence-electron chi connectivity index (χ0n) is 54.3. The lowest BCUT2D eigenvalue weighted by Crippen LogP contribution is -2.60. The molecule has 520 valence electrons. The molecule has 28 heteroatoms. The molecule has 2 aliphatic heterocycles. The van der Waals surface area contributed by atoms with Gasteiger partial charge in [-0.15, -0.1) is 0 Å². The molecule has 6 aliphatic rings. The summed E-state index contributed by atoms with van der Waals surface area (Å²) in [6, 6.07) is 3.68. The summed E-state index contributed by atoms with van der Waals surface area (Å²) in [6.45, 7) is 8.86. The molecule has 0 bridgehead atoms. The number of carbonyl (C=O) groups excluding carboxylic acids is 10. The van der Waals surface area contributed by atoms with Crippen LogP contribution in [0, 0.1) is 34.5 Å². The molecule has 13 atom stereocenters. The van der Waals surface area contributed by atoms with Crippen molar-refractivity contribution < 1.29 is 106 Å². The number of nitrogens with zero attached hydrogens (tertiary/aromatic N) is 1. The summed E-state index contributed by atoms with van der Waals surface area (Å²) >= 11 is 0. The zero-order chi connectivity index (χ0) is 68.2. The molecule has 3 saturated carbocycles. The van der Waals surface area contributed by atoms with E-state index < -0.39 is 122 Å². The number of carbonyl (C=O) groups is 10. The third kappa shape index (κ3) is 19.2. The molecule has 4 fully saturated rings. The number of allylic oxidation sites excluding steroid dienone is 4. The van der Waals surface area contributed by atoms with Crippen molar-refractivity contribution in [2.24, 2.45) is 34.5 Å². The molecule has 94 heavy (non-hydrogen) atoms. The fourth-order valence-corrected chi connectivity index (χ4v) is 13.8. The number of hydrogen-bond acceptors (Lipinski definition) is 22. The molecule has 0 radical (unpaired) electrons. The Morgan fingerprint density at radius 1 is 0.745 bits per heavy atom. The molecule has 7 rings (SSSR count). The first-order chi connectivity index (χ1) is 44.9. The second-order valence-electron chi connectivity index (χ2n) is 25.4. The number of amides is 7. The second kappa shape index (κ2) is 35.2. The van der Waals surface area contributed by atoms with Crippen LogP contribution >= 0.6 is 0 Å². The SMILES string of the molecule is CCCC1O[C@@H]2C[C@H]3[C@@H]4CCC5=CC(=O)C=C[C@]5(C)C4CC[C@]3(C)[C@]2(C(=O)COC(=O)OCc2ccc(NC(=O)CNC(=O)C(NC(=O)[C@@H](CCC(=O)NC[C@H](O)[C@@H](O)[C@H](O)CCO)NC(=O)CCOCCOCCOCCOCCN3C(=O)C=CC3=O)C(C)C)cc2)O1. The molecule has 1 aromatic carbocycles. The third-order valence-electron chi connectivity index (χ3n) is 18.9. The maximum atomic E-state index is 14.6. The van der Waals surface area contributed by atoms with Crippen LogP contribution in [0.1, 0.15) is 111 Å². The number of aliphatic hydroxyl groups is 4. The van der Waals surface area contributed by atoms with Gasteiger partial charge in [-0.25, -0.2) is 4.79 Å². The Morgan fingerprint density at radius 3 is 2.07 bits per heavy atom. The van der Waals surface area contributed by atoms with Crippen molar-refractivity contribution in [3.8, 4) is 0 Å². The molecule has 0 spiro atoms. The number of Topliss-reactive ketones (excluding diaryl/α,β-unsaturated/α-hetero) is 1. The van der Waals surface area contributed by atoms with E-state index in [1.54, 1.807) is 50.3 Å². The van der Waals surface area contributed by atoms with Crippen LogP contribution in [-0.2, 0) is 87.7 Å². The third-order valence-corrected chi connectivity index (χ3v) is 18.9. The normalized spacial score (nSPS) is 25.8. The van der Waals surface area contributed by atoms with Gasteiger partial charge >= 0.3 is 6.16 Å². The minimum Gasteiger partial charge on any atom is -0.429 e. The standard InChI is InChI=1S/C66H94N6O22/c1-6-7-58-93-52-35-47-45-13-10-42-34-44(74)18-22-64(42,4)46(45)19-23-65(47,5)66(52,94-58)51(77)39-92-63(86)91-38-41-8-11-43(12-9-41)69-55(80)37-68-62(85)59(40(2)3)71-61(84)48(14-15-53(78)67-36-50(76)60(83)49(75)20-25-73)70-54(79)21-26-87-28-30-89-32-33-90-31-29-88-27-24-72-56(81)16-17-57(72)82/h8-9,11-12,16-18,22,34,40,45-50,52,58-60,73,75-76,83H,6-7,10,13-15,19-21,23-33,35-39H2,1-5H3,(H,67,78)(H,68,85)(H,69,80)(H,70,79)(H,71,84)/t45-,46?,47+,48-,49-,50+,52-,58?,59?,60+,64+,65+,66-/m1/s1. The highest BCUT2D eigenvalue weighted by Gasteiger charge is 2.74. The summed E-state index contributed by atoms with van der Waals surface area (Å²) < 4.78 is 46.0. The zero-order valence-corrected chi connectivity index (χ0v) is 54.3. The van der Waals surface area contributed by atoms with E-state index in [0.29, 0.717) is 36.4 Å². The molecule has 2 heterocycles. The van der Waals surface area contributed by atoms with E-state index in [2.05, 4.69) is 46.5 Å². The lowest BCUT2D eigenvalue weighted by atomic mass is 9.47. The summed E-state index contributed by atoms with van der Waals surface area (Å²) in [7, 11) is 0. The molecule has 9 N–H and O–H groups in total. The molecule has 28 nitrogen and oxygen atoms in total. The monoisotopic (exact) mass is 1320 g/mol.